The van der Waals surface area contributed by atoms with Crippen LogP contribution in [0.4, 0.5) is 5.69 Å². The molecule has 2 aromatic carbocycles. The molecule has 120 valence electrons. The van der Waals surface area contributed by atoms with Crippen molar-refractivity contribution in [2.75, 3.05) is 5.32 Å². The summed E-state index contributed by atoms with van der Waals surface area (Å²) in [6.07, 6.45) is 2.59. The van der Waals surface area contributed by atoms with Gasteiger partial charge < -0.3 is 10.8 Å². The van der Waals surface area contributed by atoms with Crippen LogP contribution >= 0.6 is 23.2 Å². The van der Waals surface area contributed by atoms with Crippen molar-refractivity contribution < 1.29 is 14.4 Å². The van der Waals surface area contributed by atoms with Crippen LogP contribution in [0.25, 0.3) is 11.6 Å². The van der Waals surface area contributed by atoms with E-state index in [0.717, 1.165) is 6.08 Å². The fraction of sp³-hybridized carbons (Fsp3) is 0. The Balaban J connectivity index is 2.09. The molecule has 0 bridgehead atoms. The highest BCUT2D eigenvalue weighted by molar-refractivity contribution is 6.67. The smallest absolute Gasteiger partial charge is 0.360 e. The van der Waals surface area contributed by atoms with E-state index in [1.54, 1.807) is 48.5 Å². The van der Waals surface area contributed by atoms with Gasteiger partial charge in [-0.2, -0.15) is 4.79 Å². The van der Waals surface area contributed by atoms with Crippen molar-refractivity contribution in [1.29, 1.82) is 0 Å². The Morgan fingerprint density at radius 1 is 1.04 bits per heavy atom. The maximum Gasteiger partial charge on any atom is 0.426 e. The molecule has 7 heteroatoms. The van der Waals surface area contributed by atoms with Gasteiger partial charge in [0.25, 0.3) is 5.78 Å². The second kappa shape index (κ2) is 8.22. The van der Waals surface area contributed by atoms with Gasteiger partial charge in [-0.1, -0.05) is 41.4 Å². The van der Waals surface area contributed by atoms with E-state index in [-0.39, 0.29) is 0 Å². The minimum Gasteiger partial charge on any atom is -0.360 e. The molecule has 0 radical (unpaired) electrons. The van der Waals surface area contributed by atoms with Crippen LogP contribution in [0, 0.1) is 0 Å². The van der Waals surface area contributed by atoms with Crippen LogP contribution in [0.15, 0.2) is 54.6 Å². The minimum atomic E-state index is -0.833. The van der Waals surface area contributed by atoms with E-state index in [4.69, 9.17) is 28.7 Å². The zero-order valence-corrected chi connectivity index (χ0v) is 13.8. The molecule has 0 saturated carbocycles. The van der Waals surface area contributed by atoms with Gasteiger partial charge in [0.15, 0.2) is 0 Å². The minimum absolute atomic E-state index is 0.414. The first-order valence-corrected chi connectivity index (χ1v) is 7.52. The third-order valence-corrected chi connectivity index (χ3v) is 3.41. The van der Waals surface area contributed by atoms with Crippen LogP contribution in [0.5, 0.6) is 0 Å². The highest BCUT2D eigenvalue weighted by Crippen LogP contribution is 2.14. The zero-order chi connectivity index (χ0) is 17.5. The molecule has 2 aromatic rings. The van der Waals surface area contributed by atoms with Crippen molar-refractivity contribution in [3.8, 4) is 0 Å². The van der Waals surface area contributed by atoms with Crippen LogP contribution < -0.4 is 5.32 Å². The molecule has 24 heavy (non-hydrogen) atoms. The number of rotatable bonds is 5. The molecule has 0 atom stereocenters. The number of hydrogen-bond acceptors (Lipinski definition) is 2. The highest BCUT2D eigenvalue weighted by Gasteiger charge is 2.27. The lowest BCUT2D eigenvalue weighted by atomic mass is 10.1. The first kappa shape index (κ1) is 17.6. The van der Waals surface area contributed by atoms with Crippen molar-refractivity contribution in [3.05, 3.63) is 75.7 Å². The van der Waals surface area contributed by atoms with Gasteiger partial charge in [-0.25, -0.2) is 0 Å². The molecule has 0 spiro atoms. The molecular weight excluding hydrogens is 349 g/mol. The molecule has 0 heterocycles. The highest BCUT2D eigenvalue weighted by atomic mass is 35.5. The monoisotopic (exact) mass is 359 g/mol. The van der Waals surface area contributed by atoms with E-state index in [0.29, 0.717) is 21.3 Å². The summed E-state index contributed by atoms with van der Waals surface area (Å²) in [6, 6.07) is 13.1. The van der Waals surface area contributed by atoms with Crippen molar-refractivity contribution in [1.82, 2.24) is 0 Å². The van der Waals surface area contributed by atoms with Gasteiger partial charge in [-0.3, -0.25) is 9.59 Å². The molecule has 1 N–H and O–H groups in total. The summed E-state index contributed by atoms with van der Waals surface area (Å²) in [5.41, 5.74) is 9.41. The van der Waals surface area contributed by atoms with Crippen LogP contribution in [-0.2, 0) is 9.59 Å². The molecule has 0 unspecified atom stereocenters. The van der Waals surface area contributed by atoms with E-state index >= 15 is 0 Å². The number of carbonyl (C=O) groups excluding carboxylic acids is 2. The normalized spacial score (nSPS) is 10.2. The lowest BCUT2D eigenvalue weighted by Crippen LogP contribution is -2.29. The number of hydrogen-bond donors (Lipinski definition) is 1. The standard InChI is InChI=1S/C17H11Cl2N3O2/c18-12-5-7-14(8-6-12)21-17(24)16(22-20)15(23)9-4-11-2-1-3-13(19)10-11/h1-10H,(H,21,24)/b9-4+. The Hall–Kier alpha value is -2.72. The number of halogens is 2. The third-order valence-electron chi connectivity index (χ3n) is 2.93. The van der Waals surface area contributed by atoms with E-state index in [9.17, 15) is 9.59 Å². The molecule has 0 fully saturated rings. The molecule has 0 aliphatic rings. The molecular formula is C17H11Cl2N3O2. The largest absolute Gasteiger partial charge is 0.426 e. The summed E-state index contributed by atoms with van der Waals surface area (Å²) in [5.74, 6) is -1.58. The Labute approximate surface area is 148 Å². The van der Waals surface area contributed by atoms with Gasteiger partial charge in [0.05, 0.1) is 0 Å². The average molecular weight is 360 g/mol. The fourth-order valence-electron chi connectivity index (χ4n) is 1.79. The molecule has 0 saturated heterocycles. The quantitative estimate of drug-likeness (QED) is 0.289. The van der Waals surface area contributed by atoms with E-state index in [2.05, 4.69) is 10.1 Å². The van der Waals surface area contributed by atoms with Crippen LogP contribution in [-0.4, -0.2) is 22.2 Å². The van der Waals surface area contributed by atoms with Crippen molar-refractivity contribution in [3.63, 3.8) is 0 Å². The van der Waals surface area contributed by atoms with Crippen LogP contribution in [0.3, 0.4) is 0 Å². The second-order valence-electron chi connectivity index (χ2n) is 4.66. The molecule has 0 aliphatic heterocycles. The van der Waals surface area contributed by atoms with Gasteiger partial charge in [0, 0.05) is 15.7 Å². The Morgan fingerprint density at radius 2 is 1.75 bits per heavy atom. The maximum absolute atomic E-state index is 12.0. The summed E-state index contributed by atoms with van der Waals surface area (Å²) < 4.78 is 0. The summed E-state index contributed by atoms with van der Waals surface area (Å²) >= 11 is 11.6. The number of ketones is 1. The zero-order valence-electron chi connectivity index (χ0n) is 12.2. The van der Waals surface area contributed by atoms with E-state index in [1.807, 2.05) is 0 Å². The van der Waals surface area contributed by atoms with Gasteiger partial charge in [0.1, 0.15) is 0 Å². The predicted octanol–water partition coefficient (Wildman–Crippen LogP) is 3.89. The SMILES string of the molecule is [N-]=[N+]=C(C(=O)/C=C/c1cccc(Cl)c1)C(=O)Nc1ccc(Cl)cc1. The van der Waals surface area contributed by atoms with Crippen LogP contribution in [0.1, 0.15) is 5.56 Å². The number of benzene rings is 2. The number of anilines is 1. The molecule has 5 nitrogen and oxygen atoms in total. The van der Waals surface area contributed by atoms with Crippen LogP contribution in [0.2, 0.25) is 10.0 Å². The topological polar surface area (TPSA) is 82.6 Å². The number of allylic oxidation sites excluding steroid dienone is 1. The molecule has 1 amide bonds. The Bertz CT molecular complexity index is 854. The first-order chi connectivity index (χ1) is 11.5. The molecule has 0 aliphatic carbocycles. The van der Waals surface area contributed by atoms with E-state index in [1.165, 1.54) is 6.08 Å². The Morgan fingerprint density at radius 3 is 2.38 bits per heavy atom. The lowest BCUT2D eigenvalue weighted by Gasteiger charge is -2.01. The average Bonchev–Trinajstić information content (AvgIpc) is 2.56. The Kier molecular flexibility index (Phi) is 6.04. The summed E-state index contributed by atoms with van der Waals surface area (Å²) in [5, 5.41) is 3.46. The number of carbonyl (C=O) groups is 2. The first-order valence-electron chi connectivity index (χ1n) is 6.76. The predicted molar refractivity (Wildman–Crippen MR) is 94.2 cm³/mol. The second-order valence-corrected chi connectivity index (χ2v) is 5.54. The molecule has 2 rings (SSSR count). The van der Waals surface area contributed by atoms with Gasteiger partial charge in [-0.05, 0) is 48.0 Å². The summed E-state index contributed by atoms with van der Waals surface area (Å²) in [6.45, 7) is 0. The summed E-state index contributed by atoms with van der Waals surface area (Å²) in [4.78, 5) is 26.8. The lowest BCUT2D eigenvalue weighted by molar-refractivity contribution is -0.120. The number of amides is 1. The third kappa shape index (κ3) is 4.89. The summed E-state index contributed by atoms with van der Waals surface area (Å²) in [7, 11) is 0. The van der Waals surface area contributed by atoms with E-state index < -0.39 is 17.4 Å². The molecule has 0 aromatic heterocycles. The number of nitrogens with zero attached hydrogens (tertiary/aromatic N) is 2. The maximum atomic E-state index is 12.0. The van der Waals surface area contributed by atoms with Gasteiger partial charge in [0.2, 0.25) is 0 Å². The fourth-order valence-corrected chi connectivity index (χ4v) is 2.12. The van der Waals surface area contributed by atoms with Crippen molar-refractivity contribution in [2.45, 2.75) is 0 Å². The van der Waals surface area contributed by atoms with Crippen molar-refractivity contribution in [2.24, 2.45) is 0 Å². The number of nitrogens with one attached hydrogen (secondary N) is 1. The van der Waals surface area contributed by atoms with Gasteiger partial charge >= 0.3 is 11.6 Å². The van der Waals surface area contributed by atoms with Crippen molar-refractivity contribution >= 4 is 52.4 Å². The van der Waals surface area contributed by atoms with Gasteiger partial charge in [-0.15, -0.1) is 0 Å².